The van der Waals surface area contributed by atoms with Crippen molar-refractivity contribution in [2.75, 3.05) is 0 Å². The highest BCUT2D eigenvalue weighted by Crippen LogP contribution is 2.29. The average molecular weight is 434 g/mol. The van der Waals surface area contributed by atoms with Crippen LogP contribution in [-0.4, -0.2) is 21.5 Å². The van der Waals surface area contributed by atoms with Gasteiger partial charge in [0, 0.05) is 28.2 Å². The second-order valence-corrected chi connectivity index (χ2v) is 8.19. The van der Waals surface area contributed by atoms with Crippen molar-refractivity contribution in [3.8, 4) is 0 Å². The zero-order chi connectivity index (χ0) is 21.1. The van der Waals surface area contributed by atoms with Crippen LogP contribution >= 0.6 is 22.9 Å². The number of thiophene rings is 1. The normalized spacial score (nSPS) is 11.0. The fourth-order valence-electron chi connectivity index (χ4n) is 3.12. The Morgan fingerprint density at radius 2 is 1.97 bits per heavy atom. The van der Waals surface area contributed by atoms with Crippen LogP contribution in [0.3, 0.4) is 0 Å². The smallest absolute Gasteiger partial charge is 0.237 e. The van der Waals surface area contributed by atoms with Crippen LogP contribution in [0.25, 0.3) is 10.2 Å². The minimum Gasteiger partial charge on any atom is -0.391 e. The predicted molar refractivity (Wildman–Crippen MR) is 113 cm³/mol. The first-order chi connectivity index (χ1) is 13.8. The van der Waals surface area contributed by atoms with Gasteiger partial charge in [0.1, 0.15) is 6.54 Å². The lowest BCUT2D eigenvalue weighted by atomic mass is 10.1. The summed E-state index contributed by atoms with van der Waals surface area (Å²) in [6, 6.07) is 7.08. The first-order valence-corrected chi connectivity index (χ1v) is 10.0. The largest absolute Gasteiger partial charge is 0.391 e. The lowest BCUT2D eigenvalue weighted by Crippen LogP contribution is -2.28. The van der Waals surface area contributed by atoms with Crippen LogP contribution in [0.4, 0.5) is 0 Å². The number of aryl methyl sites for hydroxylation is 1. The molecule has 0 atom stereocenters. The third kappa shape index (κ3) is 4.67. The number of carbonyl (C=O) groups excluding carboxylic acids is 2. The molecule has 0 bridgehead atoms. The van der Waals surface area contributed by atoms with Crippen molar-refractivity contribution in [2.24, 2.45) is 5.73 Å². The van der Waals surface area contributed by atoms with Crippen molar-refractivity contribution in [3.63, 3.8) is 0 Å². The van der Waals surface area contributed by atoms with Gasteiger partial charge in [0.25, 0.3) is 0 Å². The SMILES string of the molecule is Cc1c(CO)sc2c(=O)c(CC(=O)NCc3ccc(Cl)cc3)cn(CC(N)=O)c12. The number of amides is 2. The fourth-order valence-corrected chi connectivity index (χ4v) is 4.39. The number of nitrogens with two attached hydrogens (primary N) is 1. The average Bonchev–Trinajstić information content (AvgIpc) is 3.01. The summed E-state index contributed by atoms with van der Waals surface area (Å²) >= 11 is 7.01. The van der Waals surface area contributed by atoms with Gasteiger partial charge in [-0.05, 0) is 30.2 Å². The number of hydrogen-bond acceptors (Lipinski definition) is 5. The molecule has 3 aromatic rings. The predicted octanol–water partition coefficient (Wildman–Crippen LogP) is 1.86. The maximum atomic E-state index is 12.9. The molecule has 0 aliphatic rings. The molecular formula is C20H20ClN3O4S. The summed E-state index contributed by atoms with van der Waals surface area (Å²) in [6.07, 6.45) is 1.37. The van der Waals surface area contributed by atoms with Crippen LogP contribution in [0.1, 0.15) is 21.6 Å². The Hall–Kier alpha value is -2.68. The zero-order valence-electron chi connectivity index (χ0n) is 15.7. The van der Waals surface area contributed by atoms with E-state index in [2.05, 4.69) is 5.32 Å². The van der Waals surface area contributed by atoms with Crippen molar-refractivity contribution in [3.05, 3.63) is 67.3 Å². The van der Waals surface area contributed by atoms with E-state index in [-0.39, 0.29) is 36.5 Å². The minimum absolute atomic E-state index is 0.126. The minimum atomic E-state index is -0.566. The lowest BCUT2D eigenvalue weighted by molar-refractivity contribution is -0.120. The molecular weight excluding hydrogens is 414 g/mol. The van der Waals surface area contributed by atoms with Gasteiger partial charge in [-0.1, -0.05) is 23.7 Å². The molecule has 29 heavy (non-hydrogen) atoms. The van der Waals surface area contributed by atoms with E-state index in [0.29, 0.717) is 26.7 Å². The van der Waals surface area contributed by atoms with Crippen molar-refractivity contribution in [1.29, 1.82) is 0 Å². The number of primary amides is 1. The third-order valence-corrected chi connectivity index (χ3v) is 6.05. The lowest BCUT2D eigenvalue weighted by Gasteiger charge is -2.11. The summed E-state index contributed by atoms with van der Waals surface area (Å²) < 4.78 is 1.97. The molecule has 2 amide bonds. The number of benzene rings is 1. The number of aliphatic hydroxyl groups is 1. The molecule has 152 valence electrons. The van der Waals surface area contributed by atoms with Crippen LogP contribution in [0.2, 0.25) is 5.02 Å². The van der Waals surface area contributed by atoms with E-state index in [1.807, 2.05) is 0 Å². The molecule has 4 N–H and O–H groups in total. The van der Waals surface area contributed by atoms with E-state index in [0.717, 1.165) is 22.5 Å². The van der Waals surface area contributed by atoms with Crippen molar-refractivity contribution >= 4 is 45.0 Å². The van der Waals surface area contributed by atoms with Crippen LogP contribution < -0.4 is 16.5 Å². The van der Waals surface area contributed by atoms with Gasteiger partial charge in [-0.25, -0.2) is 0 Å². The number of carbonyl (C=O) groups is 2. The van der Waals surface area contributed by atoms with E-state index >= 15 is 0 Å². The fraction of sp³-hybridized carbons (Fsp3) is 0.250. The second-order valence-electron chi connectivity index (χ2n) is 6.64. The number of rotatable bonds is 7. The molecule has 0 aliphatic heterocycles. The summed E-state index contributed by atoms with van der Waals surface area (Å²) in [5.41, 5.74) is 7.49. The van der Waals surface area contributed by atoms with Crippen LogP contribution in [0.5, 0.6) is 0 Å². The molecule has 9 heteroatoms. The van der Waals surface area contributed by atoms with Gasteiger partial charge in [-0.15, -0.1) is 11.3 Å². The van der Waals surface area contributed by atoms with Gasteiger partial charge < -0.3 is 20.7 Å². The van der Waals surface area contributed by atoms with Gasteiger partial charge in [-0.3, -0.25) is 14.4 Å². The van der Waals surface area contributed by atoms with Gasteiger partial charge in [0.2, 0.25) is 17.2 Å². The van der Waals surface area contributed by atoms with Crippen LogP contribution in [-0.2, 0) is 35.7 Å². The highest BCUT2D eigenvalue weighted by molar-refractivity contribution is 7.19. The molecule has 0 radical (unpaired) electrons. The Morgan fingerprint density at radius 3 is 2.59 bits per heavy atom. The highest BCUT2D eigenvalue weighted by atomic mass is 35.5. The maximum Gasteiger partial charge on any atom is 0.237 e. The van der Waals surface area contributed by atoms with Gasteiger partial charge in [-0.2, -0.15) is 0 Å². The molecule has 0 saturated carbocycles. The molecule has 7 nitrogen and oxygen atoms in total. The number of halogens is 1. The number of aliphatic hydroxyl groups excluding tert-OH is 1. The first-order valence-electron chi connectivity index (χ1n) is 8.84. The molecule has 0 saturated heterocycles. The van der Waals surface area contributed by atoms with E-state index < -0.39 is 5.91 Å². The molecule has 3 rings (SSSR count). The zero-order valence-corrected chi connectivity index (χ0v) is 17.3. The van der Waals surface area contributed by atoms with E-state index in [4.69, 9.17) is 17.3 Å². The molecule has 2 aromatic heterocycles. The van der Waals surface area contributed by atoms with Crippen molar-refractivity contribution in [2.45, 2.75) is 33.0 Å². The Kier molecular flexibility index (Phi) is 6.36. The van der Waals surface area contributed by atoms with E-state index in [1.165, 1.54) is 6.20 Å². The number of hydrogen-bond donors (Lipinski definition) is 3. The number of aromatic nitrogens is 1. The molecule has 0 fully saturated rings. The Balaban J connectivity index is 1.89. The number of pyridine rings is 1. The van der Waals surface area contributed by atoms with E-state index in [9.17, 15) is 19.5 Å². The molecule has 0 unspecified atom stereocenters. The van der Waals surface area contributed by atoms with Gasteiger partial charge in [0.15, 0.2) is 0 Å². The Labute approximate surface area is 175 Å². The summed E-state index contributed by atoms with van der Waals surface area (Å²) in [5.74, 6) is -0.887. The number of nitrogens with zero attached hydrogens (tertiary/aromatic N) is 1. The molecule has 2 heterocycles. The van der Waals surface area contributed by atoms with Gasteiger partial charge in [0.05, 0.1) is 23.2 Å². The number of fused-ring (bicyclic) bond motifs is 1. The summed E-state index contributed by atoms with van der Waals surface area (Å²) in [7, 11) is 0. The molecule has 1 aromatic carbocycles. The van der Waals surface area contributed by atoms with Gasteiger partial charge >= 0.3 is 0 Å². The van der Waals surface area contributed by atoms with Crippen molar-refractivity contribution in [1.82, 2.24) is 9.88 Å². The van der Waals surface area contributed by atoms with Crippen LogP contribution in [0.15, 0.2) is 35.3 Å². The van der Waals surface area contributed by atoms with E-state index in [1.54, 1.807) is 35.8 Å². The highest BCUT2D eigenvalue weighted by Gasteiger charge is 2.19. The standard InChI is InChI=1S/C20H20ClN3O4S/c1-11-15(10-25)29-20-18(11)24(9-16(22)26)8-13(19(20)28)6-17(27)23-7-12-2-4-14(21)5-3-12/h2-5,8,25H,6-7,9-10H2,1H3,(H2,22,26)(H,23,27). The Bertz CT molecular complexity index is 1140. The second kappa shape index (κ2) is 8.77. The molecule has 0 aliphatic carbocycles. The van der Waals surface area contributed by atoms with Crippen molar-refractivity contribution < 1.29 is 14.7 Å². The maximum absolute atomic E-state index is 12.9. The summed E-state index contributed by atoms with van der Waals surface area (Å²) in [5, 5.41) is 12.9. The first kappa shape index (κ1) is 21.0. The number of nitrogens with one attached hydrogen (secondary N) is 1. The Morgan fingerprint density at radius 1 is 1.28 bits per heavy atom. The third-order valence-electron chi connectivity index (χ3n) is 4.53. The monoisotopic (exact) mass is 433 g/mol. The topological polar surface area (TPSA) is 114 Å². The summed E-state index contributed by atoms with van der Waals surface area (Å²) in [4.78, 5) is 37.4. The van der Waals surface area contributed by atoms with Crippen LogP contribution in [0, 0.1) is 6.92 Å². The molecule has 0 spiro atoms. The summed E-state index contributed by atoms with van der Waals surface area (Å²) in [6.45, 7) is 1.75. The quantitative estimate of drug-likeness (QED) is 0.527.